The second-order valence-electron chi connectivity index (χ2n) is 7.08. The van der Waals surface area contributed by atoms with Gasteiger partial charge in [0.05, 0.1) is 19.0 Å². The van der Waals surface area contributed by atoms with E-state index in [9.17, 15) is 4.79 Å². The summed E-state index contributed by atoms with van der Waals surface area (Å²) in [7, 11) is 3.76. The second kappa shape index (κ2) is 8.49. The van der Waals surface area contributed by atoms with E-state index in [1.807, 2.05) is 11.0 Å². The summed E-state index contributed by atoms with van der Waals surface area (Å²) < 4.78 is 5.04. The van der Waals surface area contributed by atoms with Crippen LogP contribution in [0, 0.1) is 5.92 Å². The van der Waals surface area contributed by atoms with Gasteiger partial charge in [0.1, 0.15) is 0 Å². The van der Waals surface area contributed by atoms with Crippen LogP contribution >= 0.6 is 0 Å². The Balaban J connectivity index is 1.49. The number of likely N-dealkylation sites (N-methyl/N-ethyl adjacent to an activating group) is 1. The number of urea groups is 1. The van der Waals surface area contributed by atoms with Gasteiger partial charge < -0.3 is 24.8 Å². The highest BCUT2D eigenvalue weighted by atomic mass is 16.5. The summed E-state index contributed by atoms with van der Waals surface area (Å²) >= 11 is 0. The Bertz CT molecular complexity index is 557. The van der Waals surface area contributed by atoms with Gasteiger partial charge >= 0.3 is 6.03 Å². The number of ether oxygens (including phenoxy) is 1. The molecule has 3 rings (SSSR count). The van der Waals surface area contributed by atoms with E-state index in [4.69, 9.17) is 4.74 Å². The van der Waals surface area contributed by atoms with Crippen molar-refractivity contribution < 1.29 is 9.53 Å². The molecule has 0 spiro atoms. The van der Waals surface area contributed by atoms with E-state index in [1.54, 1.807) is 19.4 Å². The van der Waals surface area contributed by atoms with E-state index in [0.717, 1.165) is 52.2 Å². The van der Waals surface area contributed by atoms with Gasteiger partial charge in [0.25, 0.3) is 0 Å². The van der Waals surface area contributed by atoms with Crippen molar-refractivity contribution in [3.05, 3.63) is 18.3 Å². The average Bonchev–Trinajstić information content (AvgIpc) is 2.64. The number of carbonyl (C=O) groups excluding carboxylic acids is 1. The highest BCUT2D eigenvalue weighted by Crippen LogP contribution is 2.20. The molecule has 2 saturated heterocycles. The first-order valence-corrected chi connectivity index (χ1v) is 9.11. The van der Waals surface area contributed by atoms with Crippen molar-refractivity contribution in [1.82, 2.24) is 19.7 Å². The fourth-order valence-electron chi connectivity index (χ4n) is 3.57. The maximum atomic E-state index is 12.5. The van der Waals surface area contributed by atoms with Crippen molar-refractivity contribution in [2.45, 2.75) is 12.8 Å². The van der Waals surface area contributed by atoms with Crippen LogP contribution in [0.25, 0.3) is 0 Å². The fourth-order valence-corrected chi connectivity index (χ4v) is 3.57. The number of hydrogen-bond acceptors (Lipinski definition) is 5. The number of nitrogens with zero attached hydrogens (tertiary/aromatic N) is 4. The van der Waals surface area contributed by atoms with Crippen molar-refractivity contribution in [2.75, 3.05) is 65.3 Å². The van der Waals surface area contributed by atoms with Crippen molar-refractivity contribution >= 4 is 11.7 Å². The number of rotatable bonds is 4. The third-order valence-corrected chi connectivity index (χ3v) is 5.12. The minimum Gasteiger partial charge on any atom is -0.481 e. The van der Waals surface area contributed by atoms with Crippen molar-refractivity contribution in [2.24, 2.45) is 5.92 Å². The Morgan fingerprint density at radius 3 is 2.76 bits per heavy atom. The summed E-state index contributed by atoms with van der Waals surface area (Å²) in [6, 6.07) is 3.53. The third kappa shape index (κ3) is 5.06. The van der Waals surface area contributed by atoms with E-state index in [2.05, 4.69) is 27.1 Å². The molecule has 0 saturated carbocycles. The second-order valence-corrected chi connectivity index (χ2v) is 7.08. The van der Waals surface area contributed by atoms with Gasteiger partial charge in [0.15, 0.2) is 0 Å². The van der Waals surface area contributed by atoms with Crippen LogP contribution in [0.15, 0.2) is 18.3 Å². The number of aromatic nitrogens is 1. The van der Waals surface area contributed by atoms with Crippen LogP contribution in [-0.4, -0.2) is 85.7 Å². The van der Waals surface area contributed by atoms with Crippen LogP contribution < -0.4 is 10.1 Å². The summed E-state index contributed by atoms with van der Waals surface area (Å²) in [4.78, 5) is 23.5. The number of carbonyl (C=O) groups is 1. The lowest BCUT2D eigenvalue weighted by molar-refractivity contribution is 0.109. The van der Waals surface area contributed by atoms with Crippen LogP contribution in [-0.2, 0) is 0 Å². The monoisotopic (exact) mass is 347 g/mol. The minimum atomic E-state index is -0.0324. The molecule has 0 aliphatic carbocycles. The van der Waals surface area contributed by atoms with Crippen molar-refractivity contribution in [3.63, 3.8) is 0 Å². The van der Waals surface area contributed by atoms with Gasteiger partial charge in [0.2, 0.25) is 5.88 Å². The zero-order chi connectivity index (χ0) is 17.6. The highest BCUT2D eigenvalue weighted by Gasteiger charge is 2.26. The number of pyridine rings is 1. The average molecular weight is 347 g/mol. The number of amides is 2. The molecule has 2 aliphatic heterocycles. The van der Waals surface area contributed by atoms with Crippen LogP contribution in [0.4, 0.5) is 10.5 Å². The number of piperazine rings is 1. The fraction of sp³-hybridized carbons (Fsp3) is 0.667. The lowest BCUT2D eigenvalue weighted by Gasteiger charge is -2.38. The molecule has 7 heteroatoms. The van der Waals surface area contributed by atoms with E-state index < -0.39 is 0 Å². The zero-order valence-electron chi connectivity index (χ0n) is 15.3. The molecule has 1 aromatic heterocycles. The van der Waals surface area contributed by atoms with Crippen molar-refractivity contribution in [1.29, 1.82) is 0 Å². The van der Waals surface area contributed by atoms with E-state index >= 15 is 0 Å². The van der Waals surface area contributed by atoms with Crippen LogP contribution in [0.5, 0.6) is 5.88 Å². The summed E-state index contributed by atoms with van der Waals surface area (Å²) in [6.45, 7) is 7.31. The van der Waals surface area contributed by atoms with E-state index in [1.165, 1.54) is 6.42 Å². The molecular formula is C18H29N5O2. The number of hydrogen-bond donors (Lipinski definition) is 1. The minimum absolute atomic E-state index is 0.0324. The standard InChI is InChI=1S/C18H29N5O2/c1-21-8-10-22(11-9-21)13-15-4-3-7-23(14-15)18(24)20-16-5-6-17(25-2)19-12-16/h5-6,12,15H,3-4,7-11,13-14H2,1-2H3,(H,20,24). The van der Waals surface area contributed by atoms with Crippen LogP contribution in [0.2, 0.25) is 0 Å². The van der Waals surface area contributed by atoms with Crippen LogP contribution in [0.1, 0.15) is 12.8 Å². The van der Waals surface area contributed by atoms with Crippen LogP contribution in [0.3, 0.4) is 0 Å². The Morgan fingerprint density at radius 2 is 2.08 bits per heavy atom. The molecule has 2 fully saturated rings. The highest BCUT2D eigenvalue weighted by molar-refractivity contribution is 5.89. The zero-order valence-corrected chi connectivity index (χ0v) is 15.3. The quantitative estimate of drug-likeness (QED) is 0.896. The molecule has 2 amide bonds. The SMILES string of the molecule is COc1ccc(NC(=O)N2CCCC(CN3CCN(C)CC3)C2)cn1. The summed E-state index contributed by atoms with van der Waals surface area (Å²) in [5.41, 5.74) is 0.701. The largest absolute Gasteiger partial charge is 0.481 e. The maximum absolute atomic E-state index is 12.5. The molecule has 1 N–H and O–H groups in total. The van der Waals surface area contributed by atoms with Crippen molar-refractivity contribution in [3.8, 4) is 5.88 Å². The lowest BCUT2D eigenvalue weighted by Crippen LogP contribution is -2.49. The Kier molecular flexibility index (Phi) is 6.09. The lowest BCUT2D eigenvalue weighted by atomic mass is 9.97. The molecule has 3 heterocycles. The molecule has 25 heavy (non-hydrogen) atoms. The molecule has 1 unspecified atom stereocenters. The van der Waals surface area contributed by atoms with Gasteiger partial charge in [-0.05, 0) is 31.9 Å². The smallest absolute Gasteiger partial charge is 0.321 e. The molecule has 1 aromatic rings. The molecule has 2 aliphatic rings. The van der Waals surface area contributed by atoms with Gasteiger partial charge in [-0.2, -0.15) is 0 Å². The normalized spacial score (nSPS) is 22.6. The topological polar surface area (TPSA) is 60.9 Å². The number of nitrogens with one attached hydrogen (secondary N) is 1. The molecular weight excluding hydrogens is 318 g/mol. The molecule has 138 valence electrons. The van der Waals surface area contributed by atoms with E-state index in [0.29, 0.717) is 17.5 Å². The van der Waals surface area contributed by atoms with Gasteiger partial charge in [-0.1, -0.05) is 0 Å². The van der Waals surface area contributed by atoms with Gasteiger partial charge in [-0.3, -0.25) is 0 Å². The molecule has 1 atom stereocenters. The Morgan fingerprint density at radius 1 is 1.28 bits per heavy atom. The third-order valence-electron chi connectivity index (χ3n) is 5.12. The Labute approximate surface area is 149 Å². The Hall–Kier alpha value is -1.86. The predicted octanol–water partition coefficient (Wildman–Crippen LogP) is 1.58. The first kappa shape index (κ1) is 17.9. The molecule has 7 nitrogen and oxygen atoms in total. The molecule has 0 bridgehead atoms. The molecule has 0 aromatic carbocycles. The number of methoxy groups -OCH3 is 1. The predicted molar refractivity (Wildman–Crippen MR) is 98.0 cm³/mol. The first-order valence-electron chi connectivity index (χ1n) is 9.11. The van der Waals surface area contributed by atoms with E-state index in [-0.39, 0.29) is 6.03 Å². The number of likely N-dealkylation sites (tertiary alicyclic amines) is 1. The first-order chi connectivity index (χ1) is 12.1. The number of anilines is 1. The summed E-state index contributed by atoms with van der Waals surface area (Å²) in [5, 5.41) is 2.94. The number of piperidine rings is 1. The maximum Gasteiger partial charge on any atom is 0.321 e. The van der Waals surface area contributed by atoms with Gasteiger partial charge in [-0.15, -0.1) is 0 Å². The summed E-state index contributed by atoms with van der Waals surface area (Å²) in [5.74, 6) is 1.11. The molecule has 0 radical (unpaired) electrons. The van der Waals surface area contributed by atoms with Gasteiger partial charge in [-0.25, -0.2) is 9.78 Å². The van der Waals surface area contributed by atoms with Gasteiger partial charge in [0, 0.05) is 51.9 Å². The summed E-state index contributed by atoms with van der Waals surface area (Å²) in [6.07, 6.45) is 3.91.